The Hall–Kier alpha value is -3.43. The first-order valence-electron chi connectivity index (χ1n) is 9.22. The van der Waals surface area contributed by atoms with Crippen molar-refractivity contribution < 1.29 is 18.9 Å². The summed E-state index contributed by atoms with van der Waals surface area (Å²) in [6.07, 6.45) is 5.20. The van der Waals surface area contributed by atoms with E-state index in [-0.39, 0.29) is 6.61 Å². The average Bonchev–Trinajstić information content (AvgIpc) is 2.80. The highest BCUT2D eigenvalue weighted by Gasteiger charge is 2.15. The Morgan fingerprint density at radius 3 is 1.71 bits per heavy atom. The number of rotatable bonds is 7. The van der Waals surface area contributed by atoms with Gasteiger partial charge in [-0.05, 0) is 42.3 Å². The van der Waals surface area contributed by atoms with Gasteiger partial charge in [-0.2, -0.15) is 0 Å². The van der Waals surface area contributed by atoms with E-state index in [2.05, 4.69) is 34.4 Å². The smallest absolute Gasteiger partial charge is 0.303 e. The minimum absolute atomic E-state index is 0.120. The maximum atomic E-state index is 10.8. The SMILES string of the molecule is O=P(O)(O)OCCc1ccc(-c2nc(-c3ccccn3)nc(-c3ccccn3)n2)nc1. The molecule has 0 aromatic carbocycles. The van der Waals surface area contributed by atoms with Gasteiger partial charge in [-0.3, -0.25) is 19.5 Å². The molecule has 11 heteroatoms. The van der Waals surface area contributed by atoms with Gasteiger partial charge in [-0.25, -0.2) is 19.5 Å². The topological polar surface area (TPSA) is 144 Å². The summed E-state index contributed by atoms with van der Waals surface area (Å²) in [6.45, 7) is -0.120. The van der Waals surface area contributed by atoms with Crippen LogP contribution in [0, 0.1) is 0 Å². The first kappa shape index (κ1) is 20.8. The van der Waals surface area contributed by atoms with Gasteiger partial charge in [-0.15, -0.1) is 0 Å². The molecule has 0 unspecified atom stereocenters. The van der Waals surface area contributed by atoms with E-state index in [1.54, 1.807) is 42.9 Å². The third kappa shape index (κ3) is 5.59. The van der Waals surface area contributed by atoms with Gasteiger partial charge in [0.15, 0.2) is 17.5 Å². The maximum Gasteiger partial charge on any atom is 0.469 e. The fourth-order valence-electron chi connectivity index (χ4n) is 2.70. The van der Waals surface area contributed by atoms with Crippen LogP contribution in [0.3, 0.4) is 0 Å². The van der Waals surface area contributed by atoms with E-state index in [1.165, 1.54) is 0 Å². The fraction of sp³-hybridized carbons (Fsp3) is 0.100. The molecule has 0 saturated heterocycles. The highest BCUT2D eigenvalue weighted by molar-refractivity contribution is 7.46. The minimum atomic E-state index is -4.49. The van der Waals surface area contributed by atoms with Gasteiger partial charge < -0.3 is 9.79 Å². The van der Waals surface area contributed by atoms with Crippen LogP contribution in [-0.4, -0.2) is 46.3 Å². The highest BCUT2D eigenvalue weighted by Crippen LogP contribution is 2.35. The fourth-order valence-corrected chi connectivity index (χ4v) is 3.03. The lowest BCUT2D eigenvalue weighted by Crippen LogP contribution is -2.03. The third-order valence-electron chi connectivity index (χ3n) is 4.13. The van der Waals surface area contributed by atoms with Crippen LogP contribution < -0.4 is 0 Å². The predicted molar refractivity (Wildman–Crippen MR) is 111 cm³/mol. The molecule has 0 aliphatic rings. The van der Waals surface area contributed by atoms with Crippen LogP contribution >= 0.6 is 7.82 Å². The number of hydrogen-bond donors (Lipinski definition) is 2. The monoisotopic (exact) mass is 436 g/mol. The molecule has 0 spiro atoms. The second-order valence-electron chi connectivity index (χ2n) is 6.36. The molecule has 4 aromatic heterocycles. The molecular formula is C20H17N6O4P. The highest BCUT2D eigenvalue weighted by atomic mass is 31.2. The van der Waals surface area contributed by atoms with Crippen molar-refractivity contribution in [1.29, 1.82) is 0 Å². The van der Waals surface area contributed by atoms with Crippen molar-refractivity contribution in [2.75, 3.05) is 6.61 Å². The molecule has 10 nitrogen and oxygen atoms in total. The first-order chi connectivity index (χ1) is 15.0. The Morgan fingerprint density at radius 1 is 0.742 bits per heavy atom. The number of nitrogens with zero attached hydrogens (tertiary/aromatic N) is 6. The van der Waals surface area contributed by atoms with E-state index >= 15 is 0 Å². The number of aromatic nitrogens is 6. The average molecular weight is 436 g/mol. The van der Waals surface area contributed by atoms with Crippen molar-refractivity contribution in [2.45, 2.75) is 6.42 Å². The standard InChI is InChI=1S/C20H17N6O4P/c27-31(28,29)30-12-9-14-7-8-17(23-13-14)20-25-18(15-5-1-3-10-21-15)24-19(26-20)16-6-2-4-11-22-16/h1-8,10-11,13H,9,12H2,(H2,27,28,29). The van der Waals surface area contributed by atoms with Crippen LogP contribution in [0.15, 0.2) is 67.1 Å². The molecular weight excluding hydrogens is 419 g/mol. The van der Waals surface area contributed by atoms with Gasteiger partial charge in [0, 0.05) is 18.6 Å². The van der Waals surface area contributed by atoms with Gasteiger partial charge in [0.25, 0.3) is 0 Å². The number of hydrogen-bond acceptors (Lipinski definition) is 8. The summed E-state index contributed by atoms with van der Waals surface area (Å²) in [6, 6.07) is 14.4. The van der Waals surface area contributed by atoms with Gasteiger partial charge in [0.1, 0.15) is 17.1 Å². The van der Waals surface area contributed by atoms with Gasteiger partial charge in [0.2, 0.25) is 0 Å². The molecule has 0 amide bonds. The van der Waals surface area contributed by atoms with Crippen LogP contribution in [-0.2, 0) is 15.5 Å². The molecule has 31 heavy (non-hydrogen) atoms. The van der Waals surface area contributed by atoms with Crippen LogP contribution in [0.5, 0.6) is 0 Å². The van der Waals surface area contributed by atoms with Crippen LogP contribution in [0.2, 0.25) is 0 Å². The summed E-state index contributed by atoms with van der Waals surface area (Å²) < 4.78 is 15.3. The Morgan fingerprint density at radius 2 is 1.29 bits per heavy atom. The van der Waals surface area contributed by atoms with E-state index in [0.29, 0.717) is 41.0 Å². The van der Waals surface area contributed by atoms with E-state index < -0.39 is 7.82 Å². The maximum absolute atomic E-state index is 10.8. The van der Waals surface area contributed by atoms with Crippen molar-refractivity contribution in [2.24, 2.45) is 0 Å². The number of phosphoric ester groups is 1. The zero-order valence-electron chi connectivity index (χ0n) is 16.1. The molecule has 4 rings (SSSR count). The molecule has 0 atom stereocenters. The van der Waals surface area contributed by atoms with Gasteiger partial charge in [0.05, 0.1) is 6.61 Å². The molecule has 4 heterocycles. The lowest BCUT2D eigenvalue weighted by atomic mass is 10.2. The molecule has 0 radical (unpaired) electrons. The summed E-state index contributed by atoms with van der Waals surface area (Å²) in [7, 11) is -4.49. The Balaban J connectivity index is 1.66. The third-order valence-corrected chi connectivity index (χ3v) is 4.65. The van der Waals surface area contributed by atoms with E-state index in [9.17, 15) is 4.57 Å². The Bertz CT molecular complexity index is 1150. The van der Waals surface area contributed by atoms with Crippen molar-refractivity contribution in [3.63, 3.8) is 0 Å². The molecule has 0 fully saturated rings. The molecule has 0 bridgehead atoms. The zero-order valence-corrected chi connectivity index (χ0v) is 17.0. The van der Waals surface area contributed by atoms with E-state index in [4.69, 9.17) is 9.79 Å². The first-order valence-corrected chi connectivity index (χ1v) is 10.8. The summed E-state index contributed by atoms with van der Waals surface area (Å²) in [5, 5.41) is 0. The molecule has 0 aliphatic heterocycles. The van der Waals surface area contributed by atoms with E-state index in [1.807, 2.05) is 24.3 Å². The lowest BCUT2D eigenvalue weighted by Gasteiger charge is -2.08. The Labute approximate surface area is 177 Å². The quantitative estimate of drug-likeness (QED) is 0.415. The summed E-state index contributed by atoms with van der Waals surface area (Å²) in [5.74, 6) is 1.15. The van der Waals surface area contributed by atoms with E-state index in [0.717, 1.165) is 5.56 Å². The van der Waals surface area contributed by atoms with Crippen molar-refractivity contribution in [3.05, 3.63) is 72.7 Å². The number of phosphoric acid groups is 1. The lowest BCUT2D eigenvalue weighted by molar-refractivity contribution is 0.199. The normalized spacial score (nSPS) is 11.4. The molecule has 156 valence electrons. The van der Waals surface area contributed by atoms with Crippen molar-refractivity contribution >= 4 is 7.82 Å². The predicted octanol–water partition coefficient (Wildman–Crippen LogP) is 2.71. The largest absolute Gasteiger partial charge is 0.469 e. The summed E-state index contributed by atoms with van der Waals surface area (Å²) in [5.41, 5.74) is 2.45. The van der Waals surface area contributed by atoms with Crippen molar-refractivity contribution in [3.8, 4) is 34.6 Å². The van der Waals surface area contributed by atoms with Gasteiger partial charge >= 0.3 is 7.82 Å². The summed E-state index contributed by atoms with van der Waals surface area (Å²) >= 11 is 0. The summed E-state index contributed by atoms with van der Waals surface area (Å²) in [4.78, 5) is 44.1. The Kier molecular flexibility index (Phi) is 6.15. The molecule has 4 aromatic rings. The van der Waals surface area contributed by atoms with Crippen LogP contribution in [0.4, 0.5) is 0 Å². The van der Waals surface area contributed by atoms with Gasteiger partial charge in [-0.1, -0.05) is 18.2 Å². The van der Waals surface area contributed by atoms with Crippen molar-refractivity contribution in [1.82, 2.24) is 29.9 Å². The molecule has 0 aliphatic carbocycles. The molecule has 2 N–H and O–H groups in total. The minimum Gasteiger partial charge on any atom is -0.303 e. The van der Waals surface area contributed by atoms with Crippen LogP contribution in [0.25, 0.3) is 34.6 Å². The molecule has 0 saturated carbocycles. The van der Waals surface area contributed by atoms with Crippen LogP contribution in [0.1, 0.15) is 5.56 Å². The second-order valence-corrected chi connectivity index (χ2v) is 7.60. The number of pyridine rings is 3. The second kappa shape index (κ2) is 9.15. The zero-order chi connectivity index (χ0) is 21.7.